The summed E-state index contributed by atoms with van der Waals surface area (Å²) >= 11 is 4.86. The van der Waals surface area contributed by atoms with Gasteiger partial charge < -0.3 is 1.43 Å². The van der Waals surface area contributed by atoms with Gasteiger partial charge in [0.15, 0.2) is 0 Å². The van der Waals surface area contributed by atoms with Crippen molar-refractivity contribution >= 4 is 22.3 Å². The molecule has 2 N–H and O–H groups in total. The van der Waals surface area contributed by atoms with Gasteiger partial charge in [-0.2, -0.15) is 13.6 Å². The zero-order chi connectivity index (χ0) is 11.8. The number of aromatic nitrogens is 4. The Bertz CT molecular complexity index is 666. The second-order valence-corrected chi connectivity index (χ2v) is 4.67. The molecule has 0 aliphatic carbocycles. The van der Waals surface area contributed by atoms with Gasteiger partial charge in [0.05, 0.1) is 10.6 Å². The standard InChI is InChI=1S/C7H6N4O3S2.Na.H/c12-16(13,14)6-3-1-5(2-4-6)11-7(15)8-9-10-11;;/h1-4H,(H,8,10,15)(H,12,13,14);;/q;+1;-1. The fraction of sp³-hybridized carbons (Fsp3) is 0. The molecule has 0 atom stereocenters. The van der Waals surface area contributed by atoms with Crippen LogP contribution in [0.4, 0.5) is 0 Å². The Morgan fingerprint density at radius 3 is 2.35 bits per heavy atom. The number of rotatable bonds is 2. The molecule has 0 aliphatic heterocycles. The van der Waals surface area contributed by atoms with Gasteiger partial charge in [0.1, 0.15) is 0 Å². The maximum atomic E-state index is 10.8. The predicted octanol–water partition coefficient (Wildman–Crippen LogP) is -2.31. The minimum absolute atomic E-state index is 0. The molecule has 0 amide bonds. The van der Waals surface area contributed by atoms with Gasteiger partial charge in [-0.3, -0.25) is 4.55 Å². The minimum atomic E-state index is -4.18. The normalized spacial score (nSPS) is 10.9. The summed E-state index contributed by atoms with van der Waals surface area (Å²) in [5.74, 6) is 0. The Labute approximate surface area is 125 Å². The van der Waals surface area contributed by atoms with Crippen LogP contribution in [-0.4, -0.2) is 33.2 Å². The molecule has 1 aromatic carbocycles. The molecule has 2 aromatic rings. The second kappa shape index (κ2) is 5.38. The van der Waals surface area contributed by atoms with Crippen molar-refractivity contribution in [3.05, 3.63) is 29.0 Å². The summed E-state index contributed by atoms with van der Waals surface area (Å²) in [6, 6.07) is 5.46. The van der Waals surface area contributed by atoms with Crippen molar-refractivity contribution in [1.29, 1.82) is 0 Å². The molecule has 0 saturated carbocycles. The first-order chi connectivity index (χ1) is 7.48. The van der Waals surface area contributed by atoms with E-state index in [9.17, 15) is 8.42 Å². The van der Waals surface area contributed by atoms with Crippen LogP contribution in [0.3, 0.4) is 0 Å². The first-order valence-corrected chi connectivity index (χ1v) is 5.91. The molecule has 17 heavy (non-hydrogen) atoms. The Balaban J connectivity index is 0.00000144. The predicted molar refractivity (Wildman–Crippen MR) is 57.5 cm³/mol. The molecule has 1 heterocycles. The van der Waals surface area contributed by atoms with Crippen molar-refractivity contribution in [3.63, 3.8) is 0 Å². The third kappa shape index (κ3) is 3.21. The zero-order valence-corrected chi connectivity index (χ0v) is 12.4. The van der Waals surface area contributed by atoms with Gasteiger partial charge in [0, 0.05) is 0 Å². The van der Waals surface area contributed by atoms with Crippen molar-refractivity contribution in [1.82, 2.24) is 20.2 Å². The van der Waals surface area contributed by atoms with Crippen LogP contribution in [0.5, 0.6) is 0 Å². The van der Waals surface area contributed by atoms with E-state index in [4.69, 9.17) is 16.8 Å². The van der Waals surface area contributed by atoms with E-state index in [0.717, 1.165) is 0 Å². The molecule has 0 aliphatic rings. The summed E-state index contributed by atoms with van der Waals surface area (Å²) in [5.41, 5.74) is 0.572. The molecule has 0 fully saturated rings. The van der Waals surface area contributed by atoms with Crippen LogP contribution in [-0.2, 0) is 10.1 Å². The molecule has 86 valence electrons. The number of nitrogens with zero attached hydrogens (tertiary/aromatic N) is 3. The fourth-order valence-corrected chi connectivity index (χ4v) is 1.80. The van der Waals surface area contributed by atoms with Crippen molar-refractivity contribution in [2.45, 2.75) is 4.90 Å². The fourth-order valence-electron chi connectivity index (χ4n) is 1.13. The van der Waals surface area contributed by atoms with E-state index in [1.54, 1.807) is 0 Å². The third-order valence-electron chi connectivity index (χ3n) is 1.86. The summed E-state index contributed by atoms with van der Waals surface area (Å²) in [4.78, 5) is -0.185. The van der Waals surface area contributed by atoms with Crippen LogP contribution in [0.25, 0.3) is 5.69 Å². The van der Waals surface area contributed by atoms with E-state index in [-0.39, 0.29) is 40.7 Å². The Hall–Kier alpha value is -0.580. The molecule has 0 saturated heterocycles. The number of hydrogen-bond donors (Lipinski definition) is 2. The average molecular weight is 282 g/mol. The van der Waals surface area contributed by atoms with Crippen molar-refractivity contribution in [2.24, 2.45) is 0 Å². The first kappa shape index (κ1) is 14.5. The number of aromatic amines is 1. The quantitative estimate of drug-likeness (QED) is 0.364. The third-order valence-corrected chi connectivity index (χ3v) is 3.00. The molecule has 0 spiro atoms. The van der Waals surface area contributed by atoms with E-state index in [1.807, 2.05) is 0 Å². The Morgan fingerprint density at radius 1 is 1.35 bits per heavy atom. The van der Waals surface area contributed by atoms with E-state index < -0.39 is 10.1 Å². The summed E-state index contributed by atoms with van der Waals surface area (Å²) < 4.78 is 32.0. The second-order valence-electron chi connectivity index (χ2n) is 2.89. The SMILES string of the molecule is O=S(=O)(O)c1ccc(-n2[nH]nnc2=S)cc1.[H-].[Na+]. The number of benzene rings is 1. The molecule has 0 bridgehead atoms. The first-order valence-electron chi connectivity index (χ1n) is 4.06. The van der Waals surface area contributed by atoms with Gasteiger partial charge in [-0.15, -0.1) is 0 Å². The van der Waals surface area contributed by atoms with Crippen molar-refractivity contribution in [2.75, 3.05) is 0 Å². The number of H-pyrrole nitrogens is 1. The average Bonchev–Trinajstić information content (AvgIpc) is 2.63. The summed E-state index contributed by atoms with van der Waals surface area (Å²) in [6.45, 7) is 0. The largest absolute Gasteiger partial charge is 1.00 e. The van der Waals surface area contributed by atoms with Gasteiger partial charge in [-0.05, 0) is 36.5 Å². The van der Waals surface area contributed by atoms with Crippen LogP contribution in [0, 0.1) is 4.77 Å². The topological polar surface area (TPSA) is 101 Å². The molecule has 7 nitrogen and oxygen atoms in total. The summed E-state index contributed by atoms with van der Waals surface area (Å²) in [7, 11) is -4.18. The minimum Gasteiger partial charge on any atom is -1.00 e. The van der Waals surface area contributed by atoms with E-state index in [2.05, 4.69) is 15.5 Å². The molecule has 0 radical (unpaired) electrons. The maximum absolute atomic E-state index is 10.8. The van der Waals surface area contributed by atoms with Gasteiger partial charge in [0.25, 0.3) is 10.1 Å². The van der Waals surface area contributed by atoms with Gasteiger partial charge in [0.2, 0.25) is 4.77 Å². The van der Waals surface area contributed by atoms with Crippen LogP contribution >= 0.6 is 12.2 Å². The van der Waals surface area contributed by atoms with Crippen LogP contribution in [0.1, 0.15) is 1.43 Å². The molecular formula is C7H7N4NaO3S2. The molecule has 0 unspecified atom stereocenters. The van der Waals surface area contributed by atoms with E-state index in [0.29, 0.717) is 5.69 Å². The monoisotopic (exact) mass is 282 g/mol. The van der Waals surface area contributed by atoms with Crippen molar-refractivity contribution < 1.29 is 44.0 Å². The van der Waals surface area contributed by atoms with Crippen molar-refractivity contribution in [3.8, 4) is 5.69 Å². The Kier molecular flexibility index (Phi) is 4.58. The smallest absolute Gasteiger partial charge is 1.00 e. The van der Waals surface area contributed by atoms with E-state index in [1.165, 1.54) is 28.9 Å². The number of hydrogen-bond acceptors (Lipinski definition) is 5. The van der Waals surface area contributed by atoms with Crippen LogP contribution in [0.2, 0.25) is 0 Å². The Morgan fingerprint density at radius 2 is 1.94 bits per heavy atom. The number of tetrazole rings is 1. The molecule has 10 heteroatoms. The van der Waals surface area contributed by atoms with Crippen LogP contribution in [0.15, 0.2) is 29.2 Å². The maximum Gasteiger partial charge on any atom is 1.00 e. The number of nitrogens with one attached hydrogen (secondary N) is 1. The zero-order valence-electron chi connectivity index (χ0n) is 9.73. The van der Waals surface area contributed by atoms with Crippen LogP contribution < -0.4 is 29.6 Å². The molecule has 2 rings (SSSR count). The van der Waals surface area contributed by atoms with Gasteiger partial charge >= 0.3 is 29.6 Å². The van der Waals surface area contributed by atoms with E-state index >= 15 is 0 Å². The molecule has 1 aromatic heterocycles. The molecular weight excluding hydrogens is 275 g/mol. The summed E-state index contributed by atoms with van der Waals surface area (Å²) in [6.07, 6.45) is 0. The van der Waals surface area contributed by atoms with Gasteiger partial charge in [-0.1, -0.05) is 10.3 Å². The van der Waals surface area contributed by atoms with Gasteiger partial charge in [-0.25, -0.2) is 4.68 Å². The summed E-state index contributed by atoms with van der Waals surface area (Å²) in [5, 5.41) is 9.57.